The van der Waals surface area contributed by atoms with Gasteiger partial charge in [-0.2, -0.15) is 4.98 Å². The third kappa shape index (κ3) is 4.95. The first kappa shape index (κ1) is 24.0. The molecule has 6 rings (SSSR count). The number of oxazole rings is 1. The number of amides is 1. The van der Waals surface area contributed by atoms with Crippen LogP contribution in [-0.2, 0) is 0 Å². The molecule has 8 nitrogen and oxygen atoms in total. The van der Waals surface area contributed by atoms with Gasteiger partial charge in [0.15, 0.2) is 12.2 Å². The van der Waals surface area contributed by atoms with E-state index in [9.17, 15) is 4.79 Å². The fourth-order valence-corrected chi connectivity index (χ4v) is 4.51. The fourth-order valence-electron chi connectivity index (χ4n) is 4.51. The Morgan fingerprint density at radius 3 is 2.33 bits per heavy atom. The van der Waals surface area contributed by atoms with Crippen molar-refractivity contribution in [1.29, 1.82) is 0 Å². The maximum Gasteiger partial charge on any atom is 0.263 e. The van der Waals surface area contributed by atoms with E-state index >= 15 is 0 Å². The van der Waals surface area contributed by atoms with Crippen LogP contribution in [-0.4, -0.2) is 22.5 Å². The van der Waals surface area contributed by atoms with Crippen LogP contribution in [0.1, 0.15) is 17.3 Å². The monoisotopic (exact) mass is 515 g/mol. The number of hydrogen-bond donors (Lipinski definition) is 3. The maximum atomic E-state index is 13.4. The lowest BCUT2D eigenvalue weighted by molar-refractivity contribution is 0.102. The summed E-state index contributed by atoms with van der Waals surface area (Å²) in [4.78, 5) is 21.8. The molecule has 2 heterocycles. The summed E-state index contributed by atoms with van der Waals surface area (Å²) in [5, 5.41) is 10.6. The quantitative estimate of drug-likeness (QED) is 0.196. The minimum Gasteiger partial charge on any atom is -0.477 e. The molecule has 0 aliphatic rings. The summed E-state index contributed by atoms with van der Waals surface area (Å²) in [5.74, 6) is 0.893. The van der Waals surface area contributed by atoms with E-state index in [1.807, 2.05) is 61.5 Å². The highest BCUT2D eigenvalue weighted by molar-refractivity contribution is 6.10. The van der Waals surface area contributed by atoms with Gasteiger partial charge in [0.2, 0.25) is 5.88 Å². The van der Waals surface area contributed by atoms with Gasteiger partial charge in [-0.1, -0.05) is 30.3 Å². The topological polar surface area (TPSA) is 115 Å². The Hall–Kier alpha value is -5.37. The summed E-state index contributed by atoms with van der Waals surface area (Å²) in [6.45, 7) is 2.15. The van der Waals surface area contributed by atoms with Crippen LogP contribution in [0.15, 0.2) is 102 Å². The third-order valence-electron chi connectivity index (χ3n) is 6.36. The van der Waals surface area contributed by atoms with Gasteiger partial charge in [0, 0.05) is 23.0 Å². The lowest BCUT2D eigenvalue weighted by Crippen LogP contribution is -2.17. The summed E-state index contributed by atoms with van der Waals surface area (Å²) in [7, 11) is 0. The molecular weight excluding hydrogens is 490 g/mol. The normalized spacial score (nSPS) is 11.0. The van der Waals surface area contributed by atoms with Gasteiger partial charge in [-0.05, 0) is 77.0 Å². The number of carbonyl (C=O) groups is 1. The Bertz CT molecular complexity index is 1800. The molecule has 192 valence electrons. The number of nitrogen functional groups attached to an aromatic ring is 1. The predicted molar refractivity (Wildman–Crippen MR) is 154 cm³/mol. The zero-order valence-corrected chi connectivity index (χ0v) is 21.1. The number of hydrogen-bond acceptors (Lipinski definition) is 7. The van der Waals surface area contributed by atoms with Crippen molar-refractivity contribution in [3.63, 3.8) is 0 Å². The van der Waals surface area contributed by atoms with Crippen molar-refractivity contribution in [2.45, 2.75) is 6.92 Å². The first-order valence-electron chi connectivity index (χ1n) is 12.5. The number of carbonyl (C=O) groups excluding carboxylic acids is 1. The van der Waals surface area contributed by atoms with E-state index < -0.39 is 5.91 Å². The molecule has 0 aliphatic heterocycles. The summed E-state index contributed by atoms with van der Waals surface area (Å²) < 4.78 is 11.1. The van der Waals surface area contributed by atoms with Gasteiger partial charge < -0.3 is 25.5 Å². The molecule has 39 heavy (non-hydrogen) atoms. The number of fused-ring (bicyclic) bond motifs is 2. The molecule has 0 radical (unpaired) electrons. The number of aromatic nitrogens is 2. The molecule has 0 saturated heterocycles. The Morgan fingerprint density at radius 1 is 0.897 bits per heavy atom. The number of anilines is 4. The largest absolute Gasteiger partial charge is 0.477 e. The van der Waals surface area contributed by atoms with Crippen LogP contribution in [0, 0.1) is 0 Å². The van der Waals surface area contributed by atoms with Gasteiger partial charge in [0.05, 0.1) is 18.5 Å². The second-order valence-corrected chi connectivity index (χ2v) is 8.99. The lowest BCUT2D eigenvalue weighted by atomic mass is 10.0. The molecule has 0 atom stereocenters. The molecular formula is C31H25N5O3. The van der Waals surface area contributed by atoms with E-state index in [0.29, 0.717) is 23.9 Å². The molecule has 0 aliphatic carbocycles. The minimum absolute atomic E-state index is 0.155. The van der Waals surface area contributed by atoms with Crippen LogP contribution in [0.25, 0.3) is 32.9 Å². The van der Waals surface area contributed by atoms with Gasteiger partial charge in [-0.25, -0.2) is 4.98 Å². The van der Waals surface area contributed by atoms with Crippen LogP contribution in [0.2, 0.25) is 0 Å². The van der Waals surface area contributed by atoms with Gasteiger partial charge in [-0.15, -0.1) is 0 Å². The van der Waals surface area contributed by atoms with Gasteiger partial charge in [0.1, 0.15) is 11.4 Å². The second kappa shape index (κ2) is 10.2. The Labute approximate surface area is 224 Å². The summed E-state index contributed by atoms with van der Waals surface area (Å²) in [6, 6.07) is 27.5. The zero-order valence-electron chi connectivity index (χ0n) is 21.1. The highest BCUT2D eigenvalue weighted by Gasteiger charge is 2.20. The molecule has 1 amide bonds. The number of nitrogens with one attached hydrogen (secondary N) is 2. The Morgan fingerprint density at radius 2 is 1.62 bits per heavy atom. The minimum atomic E-state index is -0.397. The fraction of sp³-hybridized carbons (Fsp3) is 0.0645. The van der Waals surface area contributed by atoms with Gasteiger partial charge in [-0.3, -0.25) is 4.79 Å². The average molecular weight is 516 g/mol. The number of rotatable bonds is 7. The smallest absolute Gasteiger partial charge is 0.263 e. The number of benzene rings is 4. The molecule has 0 unspecified atom stereocenters. The van der Waals surface area contributed by atoms with E-state index in [1.165, 1.54) is 11.8 Å². The summed E-state index contributed by atoms with van der Waals surface area (Å²) in [6.07, 6.45) is 3.05. The number of nitrogens with two attached hydrogens (primary N) is 1. The van der Waals surface area contributed by atoms with Crippen LogP contribution in [0.3, 0.4) is 0 Å². The van der Waals surface area contributed by atoms with E-state index in [1.54, 1.807) is 12.3 Å². The molecule has 2 aromatic heterocycles. The highest BCUT2D eigenvalue weighted by atomic mass is 16.5. The first-order valence-corrected chi connectivity index (χ1v) is 12.5. The SMILES string of the molecule is CCOc1nc(Nc2ccc(-c3cnco3)cc2)cc(N)c1C(=O)Nc1ccc2cc3ccccc3cc2c1. The van der Waals surface area contributed by atoms with E-state index in [0.717, 1.165) is 27.4 Å². The molecule has 0 saturated carbocycles. The lowest BCUT2D eigenvalue weighted by Gasteiger charge is -2.15. The van der Waals surface area contributed by atoms with Crippen LogP contribution in [0.5, 0.6) is 5.88 Å². The first-order chi connectivity index (χ1) is 19.1. The highest BCUT2D eigenvalue weighted by Crippen LogP contribution is 2.31. The molecule has 0 fully saturated rings. The van der Waals surface area contributed by atoms with Crippen molar-refractivity contribution < 1.29 is 13.9 Å². The third-order valence-corrected chi connectivity index (χ3v) is 6.36. The Kier molecular flexibility index (Phi) is 6.26. The van der Waals surface area contributed by atoms with Crippen molar-refractivity contribution >= 4 is 50.3 Å². The standard InChI is InChI=1S/C31H25N5O3/c1-2-38-31-29(26(32)16-28(36-31)34-24-10-7-19(8-11-24)27-17-33-18-39-27)30(37)35-25-12-9-22-13-20-5-3-4-6-21(20)14-23(22)15-25/h3-18H,2H2,1H3,(H,35,37)(H3,32,34,36). The van der Waals surface area contributed by atoms with Crippen molar-refractivity contribution in [1.82, 2.24) is 9.97 Å². The van der Waals surface area contributed by atoms with Crippen LogP contribution >= 0.6 is 0 Å². The van der Waals surface area contributed by atoms with E-state index in [2.05, 4.69) is 44.9 Å². The molecule has 0 spiro atoms. The van der Waals surface area contributed by atoms with Gasteiger partial charge in [0.25, 0.3) is 5.91 Å². The number of pyridine rings is 1. The van der Waals surface area contributed by atoms with Crippen molar-refractivity contribution in [2.75, 3.05) is 23.0 Å². The predicted octanol–water partition coefficient (Wildman–Crippen LogP) is 7.02. The van der Waals surface area contributed by atoms with Crippen molar-refractivity contribution in [3.8, 4) is 17.2 Å². The molecule has 8 heteroatoms. The van der Waals surface area contributed by atoms with E-state index in [-0.39, 0.29) is 17.1 Å². The van der Waals surface area contributed by atoms with Crippen LogP contribution in [0.4, 0.5) is 22.9 Å². The zero-order chi connectivity index (χ0) is 26.8. The van der Waals surface area contributed by atoms with Crippen LogP contribution < -0.4 is 21.1 Å². The molecule has 0 bridgehead atoms. The number of ether oxygens (including phenoxy) is 1. The summed E-state index contributed by atoms with van der Waals surface area (Å²) in [5.41, 5.74) is 9.13. The molecule has 4 aromatic carbocycles. The van der Waals surface area contributed by atoms with Gasteiger partial charge >= 0.3 is 0 Å². The van der Waals surface area contributed by atoms with E-state index in [4.69, 9.17) is 14.9 Å². The molecule has 4 N–H and O–H groups in total. The Balaban J connectivity index is 1.25. The molecule has 6 aromatic rings. The number of nitrogens with zero attached hydrogens (tertiary/aromatic N) is 2. The maximum absolute atomic E-state index is 13.4. The average Bonchev–Trinajstić information content (AvgIpc) is 3.47. The summed E-state index contributed by atoms with van der Waals surface area (Å²) >= 11 is 0. The second-order valence-electron chi connectivity index (χ2n) is 8.99. The van der Waals surface area contributed by atoms with Crippen molar-refractivity contribution in [3.05, 3.63) is 103 Å². The van der Waals surface area contributed by atoms with Crippen molar-refractivity contribution in [2.24, 2.45) is 0 Å².